The van der Waals surface area contributed by atoms with Crippen LogP contribution in [0.4, 0.5) is 0 Å². The number of fused-ring (bicyclic) bond motifs is 1. The van der Waals surface area contributed by atoms with Gasteiger partial charge in [-0.05, 0) is 55.2 Å². The van der Waals surface area contributed by atoms with E-state index in [2.05, 4.69) is 18.2 Å². The lowest BCUT2D eigenvalue weighted by molar-refractivity contribution is -0.132. The van der Waals surface area contributed by atoms with Gasteiger partial charge in [0.2, 0.25) is 5.91 Å². The van der Waals surface area contributed by atoms with Gasteiger partial charge in [-0.15, -0.1) is 0 Å². The number of ether oxygens (including phenoxy) is 1. The number of hydrogen-bond donors (Lipinski definition) is 0. The molecular formula is C20H29NO4S. The van der Waals surface area contributed by atoms with Crippen molar-refractivity contribution >= 4 is 15.7 Å². The van der Waals surface area contributed by atoms with Gasteiger partial charge in [-0.2, -0.15) is 0 Å². The van der Waals surface area contributed by atoms with E-state index < -0.39 is 9.84 Å². The summed E-state index contributed by atoms with van der Waals surface area (Å²) in [7, 11) is -1.38. The Morgan fingerprint density at radius 2 is 2.00 bits per heavy atom. The van der Waals surface area contributed by atoms with Gasteiger partial charge in [0.1, 0.15) is 0 Å². The van der Waals surface area contributed by atoms with E-state index >= 15 is 0 Å². The Bertz CT molecular complexity index is 744. The first kappa shape index (κ1) is 19.4. The molecule has 1 amide bonds. The second-order valence-corrected chi connectivity index (χ2v) is 9.71. The molecule has 1 fully saturated rings. The fourth-order valence-electron chi connectivity index (χ4n) is 4.08. The minimum absolute atomic E-state index is 0.0268. The summed E-state index contributed by atoms with van der Waals surface area (Å²) in [5.74, 6) is 0.305. The maximum absolute atomic E-state index is 13.0. The largest absolute Gasteiger partial charge is 0.385 e. The van der Waals surface area contributed by atoms with Crippen molar-refractivity contribution in [3.05, 3.63) is 34.9 Å². The van der Waals surface area contributed by atoms with E-state index in [4.69, 9.17) is 4.74 Å². The molecule has 0 aromatic heterocycles. The first-order valence-electron chi connectivity index (χ1n) is 9.58. The molecule has 5 nitrogen and oxygen atoms in total. The summed E-state index contributed by atoms with van der Waals surface area (Å²) in [5.41, 5.74) is 3.82. The van der Waals surface area contributed by atoms with Crippen molar-refractivity contribution in [3.8, 4) is 0 Å². The van der Waals surface area contributed by atoms with E-state index in [9.17, 15) is 13.2 Å². The number of nitrogens with zero attached hydrogens (tertiary/aromatic N) is 1. The zero-order chi connectivity index (χ0) is 18.6. The molecule has 1 aromatic carbocycles. The second-order valence-electron chi connectivity index (χ2n) is 7.48. The number of carbonyl (C=O) groups is 1. The molecule has 0 radical (unpaired) electrons. The highest BCUT2D eigenvalue weighted by Crippen LogP contribution is 2.24. The Morgan fingerprint density at radius 3 is 2.69 bits per heavy atom. The van der Waals surface area contributed by atoms with E-state index in [0.29, 0.717) is 26.0 Å². The number of hydrogen-bond acceptors (Lipinski definition) is 4. The molecule has 1 aromatic rings. The van der Waals surface area contributed by atoms with Crippen LogP contribution in [0.2, 0.25) is 0 Å². The zero-order valence-corrected chi connectivity index (χ0v) is 16.4. The number of rotatable bonds is 7. The van der Waals surface area contributed by atoms with Gasteiger partial charge in [0.15, 0.2) is 9.84 Å². The van der Waals surface area contributed by atoms with Crippen LogP contribution in [-0.2, 0) is 38.6 Å². The molecule has 0 N–H and O–H groups in total. The predicted molar refractivity (Wildman–Crippen MR) is 102 cm³/mol. The van der Waals surface area contributed by atoms with Crippen LogP contribution in [-0.4, -0.2) is 57.0 Å². The lowest BCUT2D eigenvalue weighted by Gasteiger charge is -2.28. The van der Waals surface area contributed by atoms with E-state index in [0.717, 1.165) is 24.8 Å². The number of methoxy groups -OCH3 is 1. The molecule has 0 bridgehead atoms. The molecule has 1 atom stereocenters. The molecule has 0 spiro atoms. The van der Waals surface area contributed by atoms with Crippen molar-refractivity contribution in [2.24, 2.45) is 0 Å². The lowest BCUT2D eigenvalue weighted by atomic mass is 9.90. The average molecular weight is 380 g/mol. The summed E-state index contributed by atoms with van der Waals surface area (Å²) >= 11 is 0. The van der Waals surface area contributed by atoms with E-state index in [-0.39, 0.29) is 23.5 Å². The van der Waals surface area contributed by atoms with Crippen molar-refractivity contribution in [2.75, 3.05) is 31.8 Å². The fourth-order valence-corrected chi connectivity index (χ4v) is 5.81. The smallest absolute Gasteiger partial charge is 0.227 e. The monoisotopic (exact) mass is 379 g/mol. The van der Waals surface area contributed by atoms with Crippen LogP contribution in [0.3, 0.4) is 0 Å². The number of carbonyl (C=O) groups excluding carboxylic acids is 1. The maximum atomic E-state index is 13.0. The van der Waals surface area contributed by atoms with Crippen molar-refractivity contribution in [3.63, 3.8) is 0 Å². The van der Waals surface area contributed by atoms with Gasteiger partial charge in [-0.3, -0.25) is 4.79 Å². The second kappa shape index (κ2) is 8.53. The molecule has 6 heteroatoms. The molecule has 0 saturated carbocycles. The number of aryl methyl sites for hydroxylation is 2. The Morgan fingerprint density at radius 1 is 1.23 bits per heavy atom. The fraction of sp³-hybridized carbons (Fsp3) is 0.650. The van der Waals surface area contributed by atoms with E-state index in [1.807, 2.05) is 0 Å². The van der Waals surface area contributed by atoms with Gasteiger partial charge in [-0.25, -0.2) is 8.42 Å². The van der Waals surface area contributed by atoms with Gasteiger partial charge in [0, 0.05) is 26.3 Å². The molecule has 1 unspecified atom stereocenters. The standard InChI is InChI=1S/C20H29NO4S/c1-25-11-4-10-21(19-9-12-26(23,24)15-19)20(22)14-16-7-8-17-5-2-3-6-18(17)13-16/h7-8,13,19H,2-6,9-12,14-15H2,1H3. The lowest BCUT2D eigenvalue weighted by Crippen LogP contribution is -2.42. The average Bonchev–Trinajstić information content (AvgIpc) is 2.98. The number of benzene rings is 1. The molecule has 3 rings (SSSR count). The normalized spacial score (nSPS) is 21.3. The molecule has 1 heterocycles. The topological polar surface area (TPSA) is 63.7 Å². The zero-order valence-electron chi connectivity index (χ0n) is 15.6. The third-order valence-electron chi connectivity index (χ3n) is 5.49. The van der Waals surface area contributed by atoms with Crippen LogP contribution in [0.25, 0.3) is 0 Å². The maximum Gasteiger partial charge on any atom is 0.227 e. The highest BCUT2D eigenvalue weighted by atomic mass is 32.2. The molecule has 144 valence electrons. The predicted octanol–water partition coefficient (Wildman–Crippen LogP) is 2.16. The SMILES string of the molecule is COCCCN(C(=O)Cc1ccc2c(c1)CCCC2)C1CCS(=O)(=O)C1. The van der Waals surface area contributed by atoms with Crippen LogP contribution in [0.1, 0.15) is 42.4 Å². The van der Waals surface area contributed by atoms with Crippen LogP contribution in [0.15, 0.2) is 18.2 Å². The first-order chi connectivity index (χ1) is 12.5. The Labute approximate surface area is 156 Å². The minimum Gasteiger partial charge on any atom is -0.385 e. The van der Waals surface area contributed by atoms with Gasteiger partial charge in [-0.1, -0.05) is 18.2 Å². The van der Waals surface area contributed by atoms with Gasteiger partial charge in [0.25, 0.3) is 0 Å². The van der Waals surface area contributed by atoms with Crippen molar-refractivity contribution < 1.29 is 17.9 Å². The first-order valence-corrected chi connectivity index (χ1v) is 11.4. The number of amides is 1. The molecule has 1 aliphatic heterocycles. The summed E-state index contributed by atoms with van der Waals surface area (Å²) in [4.78, 5) is 14.7. The quantitative estimate of drug-likeness (QED) is 0.681. The van der Waals surface area contributed by atoms with E-state index in [1.54, 1.807) is 12.0 Å². The molecule has 26 heavy (non-hydrogen) atoms. The Balaban J connectivity index is 1.70. The Hall–Kier alpha value is -1.40. The summed E-state index contributed by atoms with van der Waals surface area (Å²) < 4.78 is 28.8. The van der Waals surface area contributed by atoms with Gasteiger partial charge >= 0.3 is 0 Å². The third-order valence-corrected chi connectivity index (χ3v) is 7.24. The van der Waals surface area contributed by atoms with Crippen molar-refractivity contribution in [1.82, 2.24) is 4.90 Å². The highest BCUT2D eigenvalue weighted by Gasteiger charge is 2.34. The Kier molecular flexibility index (Phi) is 6.35. The number of sulfone groups is 1. The third kappa shape index (κ3) is 4.86. The molecule has 2 aliphatic rings. The van der Waals surface area contributed by atoms with Crippen molar-refractivity contribution in [1.29, 1.82) is 0 Å². The van der Waals surface area contributed by atoms with Gasteiger partial charge in [0.05, 0.1) is 17.9 Å². The van der Waals surface area contributed by atoms with Crippen LogP contribution in [0, 0.1) is 0 Å². The summed E-state index contributed by atoms with van der Waals surface area (Å²) in [6.45, 7) is 1.12. The van der Waals surface area contributed by atoms with E-state index in [1.165, 1.54) is 24.0 Å². The summed E-state index contributed by atoms with van der Waals surface area (Å²) in [5, 5.41) is 0. The van der Waals surface area contributed by atoms with Crippen molar-refractivity contribution in [2.45, 2.75) is 51.0 Å². The van der Waals surface area contributed by atoms with Crippen LogP contribution in [0.5, 0.6) is 0 Å². The minimum atomic E-state index is -3.01. The molecule has 1 saturated heterocycles. The van der Waals surface area contributed by atoms with Crippen LogP contribution >= 0.6 is 0 Å². The highest BCUT2D eigenvalue weighted by molar-refractivity contribution is 7.91. The molecule has 1 aliphatic carbocycles. The summed E-state index contributed by atoms with van der Waals surface area (Å²) in [6, 6.07) is 6.19. The van der Waals surface area contributed by atoms with Crippen LogP contribution < -0.4 is 0 Å². The summed E-state index contributed by atoms with van der Waals surface area (Å²) in [6.07, 6.45) is 6.30. The van der Waals surface area contributed by atoms with Gasteiger partial charge < -0.3 is 9.64 Å². The molecular weight excluding hydrogens is 350 g/mol.